The third-order valence-corrected chi connectivity index (χ3v) is 3.78. The van der Waals surface area contributed by atoms with Crippen molar-refractivity contribution in [1.82, 2.24) is 10.6 Å². The molecule has 0 aromatic heterocycles. The van der Waals surface area contributed by atoms with Crippen molar-refractivity contribution in [2.45, 2.75) is 26.3 Å². The summed E-state index contributed by atoms with van der Waals surface area (Å²) in [5.41, 5.74) is 0.410. The molecule has 0 aliphatic heterocycles. The summed E-state index contributed by atoms with van der Waals surface area (Å²) in [5, 5.41) is 4.89. The standard InChI is InChI=1S/C18H24N2O6/c1-4-12(2)16(18(24)25-3)20-14(21)11-26-15(22)10-19-17(23)13-8-6-5-7-9-13/h5-9,12,16H,4,10-11H2,1-3H3,(H,19,23)(H,20,21)/t12-,16+/m1/s1. The largest absolute Gasteiger partial charge is 0.467 e. The lowest BCUT2D eigenvalue weighted by molar-refractivity contribution is -0.150. The third kappa shape index (κ3) is 6.92. The third-order valence-electron chi connectivity index (χ3n) is 3.78. The molecule has 0 saturated carbocycles. The summed E-state index contributed by atoms with van der Waals surface area (Å²) < 4.78 is 9.46. The van der Waals surface area contributed by atoms with Crippen LogP contribution in [0.25, 0.3) is 0 Å². The molecule has 26 heavy (non-hydrogen) atoms. The number of methoxy groups -OCH3 is 1. The van der Waals surface area contributed by atoms with Gasteiger partial charge in [-0.1, -0.05) is 38.5 Å². The topological polar surface area (TPSA) is 111 Å². The molecule has 0 unspecified atom stereocenters. The van der Waals surface area contributed by atoms with Crippen LogP contribution in [0.2, 0.25) is 0 Å². The van der Waals surface area contributed by atoms with Crippen LogP contribution in [0.1, 0.15) is 30.6 Å². The molecule has 0 fully saturated rings. The molecule has 1 aromatic carbocycles. The number of hydrogen-bond donors (Lipinski definition) is 2. The molecule has 0 saturated heterocycles. The Bertz CT molecular complexity index is 632. The second-order valence-electron chi connectivity index (χ2n) is 5.66. The van der Waals surface area contributed by atoms with E-state index in [1.54, 1.807) is 37.3 Å². The number of ether oxygens (including phenoxy) is 2. The lowest BCUT2D eigenvalue weighted by Gasteiger charge is -2.21. The summed E-state index contributed by atoms with van der Waals surface area (Å²) in [6, 6.07) is 7.57. The molecule has 2 N–H and O–H groups in total. The fraction of sp³-hybridized carbons (Fsp3) is 0.444. The Balaban J connectivity index is 2.40. The molecule has 1 aromatic rings. The van der Waals surface area contributed by atoms with E-state index in [0.717, 1.165) is 0 Å². The first-order valence-electron chi connectivity index (χ1n) is 8.25. The smallest absolute Gasteiger partial charge is 0.328 e. The lowest BCUT2D eigenvalue weighted by Crippen LogP contribution is -2.47. The van der Waals surface area contributed by atoms with Gasteiger partial charge in [0.2, 0.25) is 0 Å². The van der Waals surface area contributed by atoms with Crippen LogP contribution >= 0.6 is 0 Å². The number of carbonyl (C=O) groups excluding carboxylic acids is 4. The van der Waals surface area contributed by atoms with E-state index in [1.165, 1.54) is 7.11 Å². The highest BCUT2D eigenvalue weighted by molar-refractivity contribution is 5.96. The maximum atomic E-state index is 11.9. The van der Waals surface area contributed by atoms with Gasteiger partial charge in [-0.25, -0.2) is 4.79 Å². The van der Waals surface area contributed by atoms with Crippen molar-refractivity contribution in [1.29, 1.82) is 0 Å². The predicted octanol–water partition coefficient (Wildman–Crippen LogP) is 0.664. The second-order valence-corrected chi connectivity index (χ2v) is 5.66. The Morgan fingerprint density at radius 3 is 2.35 bits per heavy atom. The summed E-state index contributed by atoms with van der Waals surface area (Å²) >= 11 is 0. The van der Waals surface area contributed by atoms with Crippen molar-refractivity contribution in [2.75, 3.05) is 20.3 Å². The van der Waals surface area contributed by atoms with Gasteiger partial charge < -0.3 is 20.1 Å². The van der Waals surface area contributed by atoms with Crippen molar-refractivity contribution in [3.05, 3.63) is 35.9 Å². The maximum Gasteiger partial charge on any atom is 0.328 e. The zero-order valence-electron chi connectivity index (χ0n) is 15.1. The first-order chi connectivity index (χ1) is 12.4. The van der Waals surface area contributed by atoms with Crippen molar-refractivity contribution in [3.8, 4) is 0 Å². The highest BCUT2D eigenvalue weighted by Crippen LogP contribution is 2.09. The van der Waals surface area contributed by atoms with E-state index in [-0.39, 0.29) is 12.5 Å². The molecule has 0 aliphatic carbocycles. The molecule has 8 heteroatoms. The predicted molar refractivity (Wildman–Crippen MR) is 93.1 cm³/mol. The number of amides is 2. The Labute approximate surface area is 152 Å². The first-order valence-corrected chi connectivity index (χ1v) is 8.25. The van der Waals surface area contributed by atoms with Gasteiger partial charge in [0.25, 0.3) is 11.8 Å². The van der Waals surface area contributed by atoms with Gasteiger partial charge in [0.05, 0.1) is 7.11 Å². The molecule has 2 atom stereocenters. The van der Waals surface area contributed by atoms with Crippen LogP contribution in [-0.2, 0) is 23.9 Å². The number of carbonyl (C=O) groups is 4. The summed E-state index contributed by atoms with van der Waals surface area (Å²) in [6.07, 6.45) is 0.658. The normalized spacial score (nSPS) is 12.4. The van der Waals surface area contributed by atoms with Gasteiger partial charge in [0.15, 0.2) is 6.61 Å². The Morgan fingerprint density at radius 1 is 1.12 bits per heavy atom. The van der Waals surface area contributed by atoms with Crippen LogP contribution in [-0.4, -0.2) is 50.1 Å². The SMILES string of the molecule is CC[C@@H](C)[C@H](NC(=O)COC(=O)CNC(=O)c1ccccc1)C(=O)OC. The molecular formula is C18H24N2O6. The Morgan fingerprint density at radius 2 is 1.77 bits per heavy atom. The van der Waals surface area contributed by atoms with Gasteiger partial charge in [-0.3, -0.25) is 14.4 Å². The number of nitrogens with one attached hydrogen (secondary N) is 2. The minimum absolute atomic E-state index is 0.132. The van der Waals surface area contributed by atoms with Crippen LogP contribution in [0, 0.1) is 5.92 Å². The first kappa shape index (κ1) is 21.1. The van der Waals surface area contributed by atoms with Gasteiger partial charge >= 0.3 is 11.9 Å². The molecule has 1 rings (SSSR count). The molecule has 0 heterocycles. The van der Waals surface area contributed by atoms with E-state index in [2.05, 4.69) is 15.4 Å². The van der Waals surface area contributed by atoms with E-state index in [4.69, 9.17) is 4.74 Å². The van der Waals surface area contributed by atoms with Crippen molar-refractivity contribution in [2.24, 2.45) is 5.92 Å². The van der Waals surface area contributed by atoms with Crippen LogP contribution in [0.15, 0.2) is 30.3 Å². The average molecular weight is 364 g/mol. The van der Waals surface area contributed by atoms with Crippen molar-refractivity contribution >= 4 is 23.8 Å². The second kappa shape index (κ2) is 10.9. The minimum Gasteiger partial charge on any atom is -0.467 e. The van der Waals surface area contributed by atoms with Gasteiger partial charge in [0, 0.05) is 5.56 Å². The summed E-state index contributed by atoms with van der Waals surface area (Å²) in [4.78, 5) is 47.0. The highest BCUT2D eigenvalue weighted by Gasteiger charge is 2.26. The molecule has 142 valence electrons. The summed E-state index contributed by atoms with van der Waals surface area (Å²) in [5.74, 6) is -2.50. The number of hydrogen-bond acceptors (Lipinski definition) is 6. The van der Waals surface area contributed by atoms with Crippen molar-refractivity contribution < 1.29 is 28.7 Å². The molecule has 0 aliphatic rings. The molecular weight excluding hydrogens is 340 g/mol. The van der Waals surface area contributed by atoms with Crippen molar-refractivity contribution in [3.63, 3.8) is 0 Å². The van der Waals surface area contributed by atoms with Crippen LogP contribution in [0.5, 0.6) is 0 Å². The monoisotopic (exact) mass is 364 g/mol. The van der Waals surface area contributed by atoms with Gasteiger partial charge in [-0.2, -0.15) is 0 Å². The van der Waals surface area contributed by atoms with E-state index >= 15 is 0 Å². The summed E-state index contributed by atoms with van der Waals surface area (Å²) in [7, 11) is 1.24. The quantitative estimate of drug-likeness (QED) is 0.623. The Hall–Kier alpha value is -2.90. The lowest BCUT2D eigenvalue weighted by atomic mass is 9.99. The molecule has 0 bridgehead atoms. The van der Waals surface area contributed by atoms with E-state index in [1.807, 2.05) is 6.92 Å². The van der Waals surface area contributed by atoms with Gasteiger partial charge in [0.1, 0.15) is 12.6 Å². The number of rotatable bonds is 9. The zero-order chi connectivity index (χ0) is 19.5. The van der Waals surface area contributed by atoms with E-state index in [0.29, 0.717) is 12.0 Å². The fourth-order valence-electron chi connectivity index (χ4n) is 2.05. The number of benzene rings is 1. The van der Waals surface area contributed by atoms with Gasteiger partial charge in [-0.15, -0.1) is 0 Å². The van der Waals surface area contributed by atoms with E-state index in [9.17, 15) is 19.2 Å². The minimum atomic E-state index is -0.811. The van der Waals surface area contributed by atoms with Crippen LogP contribution in [0.3, 0.4) is 0 Å². The van der Waals surface area contributed by atoms with Gasteiger partial charge in [-0.05, 0) is 18.1 Å². The summed E-state index contributed by atoms with van der Waals surface area (Å²) in [6.45, 7) is 2.76. The van der Waals surface area contributed by atoms with E-state index < -0.39 is 36.4 Å². The number of esters is 2. The molecule has 2 amide bonds. The maximum absolute atomic E-state index is 11.9. The fourth-order valence-corrected chi connectivity index (χ4v) is 2.05. The molecule has 0 spiro atoms. The average Bonchev–Trinajstić information content (AvgIpc) is 2.67. The molecule has 0 radical (unpaired) electrons. The molecule has 8 nitrogen and oxygen atoms in total. The highest BCUT2D eigenvalue weighted by atomic mass is 16.5. The van der Waals surface area contributed by atoms with Crippen LogP contribution in [0.4, 0.5) is 0 Å². The Kier molecular flexibility index (Phi) is 8.83. The van der Waals surface area contributed by atoms with Crippen LogP contribution < -0.4 is 10.6 Å². The zero-order valence-corrected chi connectivity index (χ0v) is 15.1.